The average Bonchev–Trinajstić information content (AvgIpc) is 2.50. The molecule has 116 valence electrons. The number of hydrogen-bond donors (Lipinski definition) is 2. The average molecular weight is 312 g/mol. The molecule has 2 atom stereocenters. The third-order valence-corrected chi connectivity index (χ3v) is 4.23. The second-order valence-corrected chi connectivity index (χ2v) is 5.68. The first kappa shape index (κ1) is 16.1. The van der Waals surface area contributed by atoms with Gasteiger partial charge in [-0.05, 0) is 31.5 Å². The number of morpholine rings is 1. The van der Waals surface area contributed by atoms with E-state index >= 15 is 0 Å². The third kappa shape index (κ3) is 3.87. The van der Waals surface area contributed by atoms with Crippen LogP contribution in [0, 0.1) is 0 Å². The lowest BCUT2D eigenvalue weighted by atomic mass is 10.1. The molecule has 1 aromatic carbocycles. The van der Waals surface area contributed by atoms with Crippen LogP contribution >= 0.6 is 11.6 Å². The molecule has 1 aliphatic rings. The van der Waals surface area contributed by atoms with Crippen molar-refractivity contribution in [2.24, 2.45) is 0 Å². The summed E-state index contributed by atoms with van der Waals surface area (Å²) in [5.74, 6) is -0.0444. The zero-order valence-corrected chi connectivity index (χ0v) is 13.2. The van der Waals surface area contributed by atoms with Crippen LogP contribution in [-0.2, 0) is 9.53 Å². The van der Waals surface area contributed by atoms with E-state index in [2.05, 4.69) is 17.1 Å². The van der Waals surface area contributed by atoms with Gasteiger partial charge in [0, 0.05) is 18.3 Å². The van der Waals surface area contributed by atoms with Gasteiger partial charge >= 0.3 is 0 Å². The molecular formula is C15H22ClN3O2. The lowest BCUT2D eigenvalue weighted by Gasteiger charge is -2.38. The van der Waals surface area contributed by atoms with Crippen LogP contribution in [0.1, 0.15) is 20.3 Å². The summed E-state index contributed by atoms with van der Waals surface area (Å²) in [6.07, 6.45) is 0.964. The van der Waals surface area contributed by atoms with Gasteiger partial charge in [0.25, 0.3) is 0 Å². The van der Waals surface area contributed by atoms with E-state index in [1.54, 1.807) is 18.2 Å². The maximum atomic E-state index is 12.4. The second kappa shape index (κ2) is 7.11. The molecule has 5 nitrogen and oxygen atoms in total. The number of carbonyl (C=O) groups is 1. The normalized spacial score (nSPS) is 21.0. The van der Waals surface area contributed by atoms with Gasteiger partial charge in [-0.15, -0.1) is 0 Å². The van der Waals surface area contributed by atoms with Crippen molar-refractivity contribution in [2.45, 2.75) is 32.4 Å². The Balaban J connectivity index is 2.02. The molecule has 3 N–H and O–H groups in total. The highest BCUT2D eigenvalue weighted by atomic mass is 35.5. The van der Waals surface area contributed by atoms with Crippen molar-refractivity contribution in [3.05, 3.63) is 23.2 Å². The highest BCUT2D eigenvalue weighted by Gasteiger charge is 2.29. The minimum absolute atomic E-state index is 0.0444. The topological polar surface area (TPSA) is 67.6 Å². The van der Waals surface area contributed by atoms with Gasteiger partial charge in [-0.1, -0.05) is 18.5 Å². The zero-order valence-electron chi connectivity index (χ0n) is 12.4. The molecule has 2 rings (SSSR count). The van der Waals surface area contributed by atoms with Crippen molar-refractivity contribution < 1.29 is 9.53 Å². The molecule has 2 unspecified atom stereocenters. The summed E-state index contributed by atoms with van der Waals surface area (Å²) in [4.78, 5) is 14.6. The fourth-order valence-electron chi connectivity index (χ4n) is 2.55. The number of nitrogens with two attached hydrogens (primary N) is 1. The standard InChI is InChI=1S/C15H22ClN3O2/c1-3-12-9-21-7-6-19(12)10(2)15(20)18-11-4-5-13(16)14(17)8-11/h4-5,8,10,12H,3,6-7,9,17H2,1-2H3,(H,18,20). The summed E-state index contributed by atoms with van der Waals surface area (Å²) in [7, 11) is 0. The van der Waals surface area contributed by atoms with Crippen LogP contribution in [0.25, 0.3) is 0 Å². The van der Waals surface area contributed by atoms with Gasteiger partial charge in [-0.2, -0.15) is 0 Å². The molecule has 1 saturated heterocycles. The molecule has 0 aliphatic carbocycles. The van der Waals surface area contributed by atoms with Crippen molar-refractivity contribution in [2.75, 3.05) is 30.8 Å². The van der Waals surface area contributed by atoms with Crippen LogP contribution in [0.4, 0.5) is 11.4 Å². The molecule has 0 spiro atoms. The van der Waals surface area contributed by atoms with E-state index in [4.69, 9.17) is 22.1 Å². The van der Waals surface area contributed by atoms with Crippen LogP contribution in [0.15, 0.2) is 18.2 Å². The van der Waals surface area contributed by atoms with Crippen LogP contribution in [-0.4, -0.2) is 42.6 Å². The predicted molar refractivity (Wildman–Crippen MR) is 85.6 cm³/mol. The molecule has 0 aromatic heterocycles. The van der Waals surface area contributed by atoms with Crippen LogP contribution in [0.5, 0.6) is 0 Å². The van der Waals surface area contributed by atoms with Gasteiger partial charge in [-0.3, -0.25) is 9.69 Å². The maximum absolute atomic E-state index is 12.4. The second-order valence-electron chi connectivity index (χ2n) is 5.28. The molecule has 0 bridgehead atoms. The number of amides is 1. The Kier molecular flexibility index (Phi) is 5.45. The first-order valence-corrected chi connectivity index (χ1v) is 7.60. The van der Waals surface area contributed by atoms with E-state index < -0.39 is 0 Å². The van der Waals surface area contributed by atoms with E-state index in [1.165, 1.54) is 0 Å². The highest BCUT2D eigenvalue weighted by molar-refractivity contribution is 6.33. The SMILES string of the molecule is CCC1COCCN1C(C)C(=O)Nc1ccc(Cl)c(N)c1. The molecule has 1 aliphatic heterocycles. The molecule has 0 radical (unpaired) electrons. The lowest BCUT2D eigenvalue weighted by Crippen LogP contribution is -2.53. The molecule has 1 amide bonds. The summed E-state index contributed by atoms with van der Waals surface area (Å²) < 4.78 is 5.48. The van der Waals surface area contributed by atoms with E-state index in [0.29, 0.717) is 29.6 Å². The van der Waals surface area contributed by atoms with E-state index in [1.807, 2.05) is 6.92 Å². The molecular weight excluding hydrogens is 290 g/mol. The minimum Gasteiger partial charge on any atom is -0.397 e. The van der Waals surface area contributed by atoms with Gasteiger partial charge in [0.2, 0.25) is 5.91 Å². The smallest absolute Gasteiger partial charge is 0.241 e. The number of ether oxygens (including phenoxy) is 1. The summed E-state index contributed by atoms with van der Waals surface area (Å²) >= 11 is 5.88. The Hall–Kier alpha value is -1.30. The van der Waals surface area contributed by atoms with Crippen LogP contribution in [0.3, 0.4) is 0 Å². The maximum Gasteiger partial charge on any atom is 0.241 e. The Labute approximate surface area is 130 Å². The number of nitrogen functional groups attached to an aromatic ring is 1. The van der Waals surface area contributed by atoms with Crippen molar-refractivity contribution >= 4 is 28.9 Å². The van der Waals surface area contributed by atoms with E-state index in [-0.39, 0.29) is 18.0 Å². The van der Waals surface area contributed by atoms with E-state index in [9.17, 15) is 4.79 Å². The number of hydrogen-bond acceptors (Lipinski definition) is 4. The van der Waals surface area contributed by atoms with Crippen molar-refractivity contribution in [3.8, 4) is 0 Å². The summed E-state index contributed by atoms with van der Waals surface area (Å²) in [6.45, 7) is 6.15. The molecule has 1 heterocycles. The van der Waals surface area contributed by atoms with Gasteiger partial charge in [-0.25, -0.2) is 0 Å². The minimum atomic E-state index is -0.212. The Bertz CT molecular complexity index is 510. The van der Waals surface area contributed by atoms with Crippen LogP contribution < -0.4 is 11.1 Å². The van der Waals surface area contributed by atoms with Gasteiger partial charge in [0.15, 0.2) is 0 Å². The van der Waals surface area contributed by atoms with Gasteiger partial charge in [0.05, 0.1) is 30.0 Å². The fourth-order valence-corrected chi connectivity index (χ4v) is 2.67. The fraction of sp³-hybridized carbons (Fsp3) is 0.533. The first-order chi connectivity index (χ1) is 10.0. The molecule has 0 saturated carbocycles. The summed E-state index contributed by atoms with van der Waals surface area (Å²) in [5.41, 5.74) is 6.87. The predicted octanol–water partition coefficient (Wildman–Crippen LogP) is 2.36. The first-order valence-electron chi connectivity index (χ1n) is 7.22. The van der Waals surface area contributed by atoms with E-state index in [0.717, 1.165) is 13.0 Å². The molecule has 1 fully saturated rings. The third-order valence-electron chi connectivity index (χ3n) is 3.88. The molecule has 21 heavy (non-hydrogen) atoms. The van der Waals surface area contributed by atoms with Crippen LogP contribution in [0.2, 0.25) is 5.02 Å². The van der Waals surface area contributed by atoms with Crippen molar-refractivity contribution in [1.29, 1.82) is 0 Å². The number of rotatable bonds is 4. The van der Waals surface area contributed by atoms with Crippen molar-refractivity contribution in [3.63, 3.8) is 0 Å². The van der Waals surface area contributed by atoms with Gasteiger partial charge in [0.1, 0.15) is 0 Å². The summed E-state index contributed by atoms with van der Waals surface area (Å²) in [6, 6.07) is 5.18. The number of benzene rings is 1. The Morgan fingerprint density at radius 1 is 1.62 bits per heavy atom. The lowest BCUT2D eigenvalue weighted by molar-refractivity contribution is -0.124. The number of anilines is 2. The number of halogens is 1. The quantitative estimate of drug-likeness (QED) is 0.838. The molecule has 6 heteroatoms. The Morgan fingerprint density at radius 3 is 3.05 bits per heavy atom. The van der Waals surface area contributed by atoms with Gasteiger partial charge < -0.3 is 15.8 Å². The van der Waals surface area contributed by atoms with Crippen molar-refractivity contribution in [1.82, 2.24) is 4.90 Å². The molecule has 1 aromatic rings. The summed E-state index contributed by atoms with van der Waals surface area (Å²) in [5, 5.41) is 3.38. The number of nitrogens with zero attached hydrogens (tertiary/aromatic N) is 1. The largest absolute Gasteiger partial charge is 0.397 e. The monoisotopic (exact) mass is 311 g/mol. The number of nitrogens with one attached hydrogen (secondary N) is 1. The number of carbonyl (C=O) groups excluding carboxylic acids is 1. The highest BCUT2D eigenvalue weighted by Crippen LogP contribution is 2.23. The zero-order chi connectivity index (χ0) is 15.4. The Morgan fingerprint density at radius 2 is 2.38 bits per heavy atom.